The highest BCUT2D eigenvalue weighted by atomic mass is 32.2. The van der Waals surface area contributed by atoms with Crippen molar-refractivity contribution in [2.45, 2.75) is 25.3 Å². The molecule has 142 valence electrons. The van der Waals surface area contributed by atoms with Gasteiger partial charge in [0.15, 0.2) is 11.5 Å². The van der Waals surface area contributed by atoms with Gasteiger partial charge in [0.25, 0.3) is 0 Å². The number of benzene rings is 1. The third-order valence-electron chi connectivity index (χ3n) is 3.91. The second-order valence-electron chi connectivity index (χ2n) is 6.02. The topological polar surface area (TPSA) is 98.0 Å². The molecule has 0 aliphatic heterocycles. The number of nitrogens with one attached hydrogen (secondary N) is 1. The molecule has 0 saturated carbocycles. The normalized spacial score (nSPS) is 11.1. The summed E-state index contributed by atoms with van der Waals surface area (Å²) in [5.41, 5.74) is 2.77. The van der Waals surface area contributed by atoms with E-state index in [0.29, 0.717) is 21.6 Å². The molecule has 3 aromatic heterocycles. The number of aryl methyl sites for hydroxylation is 2. The predicted octanol–water partition coefficient (Wildman–Crippen LogP) is 3.24. The van der Waals surface area contributed by atoms with Crippen molar-refractivity contribution in [3.63, 3.8) is 0 Å². The van der Waals surface area contributed by atoms with Gasteiger partial charge >= 0.3 is 0 Å². The molecule has 0 aliphatic carbocycles. The third-order valence-corrected chi connectivity index (χ3v) is 5.82. The van der Waals surface area contributed by atoms with Gasteiger partial charge in [-0.25, -0.2) is 0 Å². The van der Waals surface area contributed by atoms with Crippen LogP contribution in [0, 0.1) is 6.92 Å². The molecule has 1 aromatic carbocycles. The summed E-state index contributed by atoms with van der Waals surface area (Å²) in [5.74, 6) is 0.748. The zero-order chi connectivity index (χ0) is 19.5. The zero-order valence-corrected chi connectivity index (χ0v) is 16.9. The van der Waals surface area contributed by atoms with Gasteiger partial charge in [0, 0.05) is 5.56 Å². The van der Waals surface area contributed by atoms with Crippen molar-refractivity contribution in [2.24, 2.45) is 0 Å². The number of hydrogen-bond donors (Lipinski definition) is 1. The van der Waals surface area contributed by atoms with Crippen molar-refractivity contribution in [3.05, 3.63) is 47.0 Å². The van der Waals surface area contributed by atoms with Crippen LogP contribution in [0.3, 0.4) is 0 Å². The number of carbonyl (C=O) groups is 1. The maximum absolute atomic E-state index is 12.2. The van der Waals surface area contributed by atoms with Crippen LogP contribution in [0.4, 0.5) is 5.13 Å². The first-order chi connectivity index (χ1) is 13.6. The van der Waals surface area contributed by atoms with E-state index < -0.39 is 0 Å². The first-order valence-corrected chi connectivity index (χ1v) is 10.5. The van der Waals surface area contributed by atoms with Crippen LogP contribution in [0.15, 0.2) is 41.4 Å². The average molecular weight is 412 g/mol. The standard InChI is InChI=1S/C18H17N7OS2/c1-3-15-21-23-18(28-15)19-14(26)10-27-16-9-8-13-20-22-17(25(13)24-16)12-6-4-11(2)5-7-12/h4-9H,3,10H2,1-2H3,(H,19,23,26). The fourth-order valence-electron chi connectivity index (χ4n) is 2.47. The van der Waals surface area contributed by atoms with Gasteiger partial charge in [-0.1, -0.05) is 59.9 Å². The van der Waals surface area contributed by atoms with Crippen LogP contribution in [-0.4, -0.2) is 41.7 Å². The number of fused-ring (bicyclic) bond motifs is 1. The summed E-state index contributed by atoms with van der Waals surface area (Å²) in [5, 5.41) is 25.8. The summed E-state index contributed by atoms with van der Waals surface area (Å²) in [4.78, 5) is 12.2. The third kappa shape index (κ3) is 4.02. The van der Waals surface area contributed by atoms with E-state index in [1.165, 1.54) is 28.7 Å². The van der Waals surface area contributed by atoms with Crippen LogP contribution in [0.25, 0.3) is 17.0 Å². The SMILES string of the molecule is CCc1nnc(NC(=O)CSc2ccc3nnc(-c4ccc(C)cc4)n3n2)s1. The second kappa shape index (κ2) is 8.03. The van der Waals surface area contributed by atoms with Crippen molar-refractivity contribution in [2.75, 3.05) is 11.1 Å². The number of carbonyl (C=O) groups excluding carboxylic acids is 1. The maximum atomic E-state index is 12.2. The number of rotatable bonds is 6. The van der Waals surface area contributed by atoms with Gasteiger partial charge in [0.1, 0.15) is 10.0 Å². The van der Waals surface area contributed by atoms with E-state index in [-0.39, 0.29) is 11.7 Å². The van der Waals surface area contributed by atoms with E-state index in [1.54, 1.807) is 4.52 Å². The minimum Gasteiger partial charge on any atom is -0.300 e. The molecule has 1 amide bonds. The summed E-state index contributed by atoms with van der Waals surface area (Å²) in [6.07, 6.45) is 0.800. The highest BCUT2D eigenvalue weighted by molar-refractivity contribution is 7.99. The minimum atomic E-state index is -0.145. The van der Waals surface area contributed by atoms with E-state index in [0.717, 1.165) is 17.0 Å². The Morgan fingerprint density at radius 1 is 1.11 bits per heavy atom. The number of hydrogen-bond acceptors (Lipinski definition) is 8. The molecule has 0 unspecified atom stereocenters. The average Bonchev–Trinajstić information content (AvgIpc) is 3.33. The number of nitrogens with zero attached hydrogens (tertiary/aromatic N) is 6. The second-order valence-corrected chi connectivity index (χ2v) is 8.08. The Bertz CT molecular complexity index is 1120. The molecule has 10 heteroatoms. The Balaban J connectivity index is 1.47. The maximum Gasteiger partial charge on any atom is 0.236 e. The molecule has 1 N–H and O–H groups in total. The molecule has 0 atom stereocenters. The molecule has 28 heavy (non-hydrogen) atoms. The Labute approximate surface area is 169 Å². The van der Waals surface area contributed by atoms with Crippen LogP contribution in [0.2, 0.25) is 0 Å². The lowest BCUT2D eigenvalue weighted by atomic mass is 10.1. The van der Waals surface area contributed by atoms with Crippen LogP contribution >= 0.6 is 23.1 Å². The molecule has 0 radical (unpaired) electrons. The van der Waals surface area contributed by atoms with Crippen LogP contribution < -0.4 is 5.32 Å². The molecule has 0 fully saturated rings. The van der Waals surface area contributed by atoms with Gasteiger partial charge < -0.3 is 0 Å². The summed E-state index contributed by atoms with van der Waals surface area (Å²) in [7, 11) is 0. The first-order valence-electron chi connectivity index (χ1n) is 8.67. The van der Waals surface area contributed by atoms with Crippen LogP contribution in [0.5, 0.6) is 0 Å². The molecular weight excluding hydrogens is 394 g/mol. The lowest BCUT2D eigenvalue weighted by molar-refractivity contribution is -0.113. The largest absolute Gasteiger partial charge is 0.300 e. The van der Waals surface area contributed by atoms with Gasteiger partial charge in [0.2, 0.25) is 11.0 Å². The lowest BCUT2D eigenvalue weighted by Gasteiger charge is -2.03. The van der Waals surface area contributed by atoms with Gasteiger partial charge in [-0.3, -0.25) is 10.1 Å². The van der Waals surface area contributed by atoms with Gasteiger partial charge in [-0.15, -0.1) is 20.4 Å². The zero-order valence-electron chi connectivity index (χ0n) is 15.3. The Morgan fingerprint density at radius 2 is 1.93 bits per heavy atom. The molecule has 3 heterocycles. The minimum absolute atomic E-state index is 0.145. The molecule has 0 aliphatic rings. The molecule has 4 rings (SSSR count). The number of aromatic nitrogens is 6. The quantitative estimate of drug-likeness (QED) is 0.486. The highest BCUT2D eigenvalue weighted by Gasteiger charge is 2.12. The monoisotopic (exact) mass is 411 g/mol. The Kier molecular flexibility index (Phi) is 5.31. The van der Waals surface area contributed by atoms with Gasteiger partial charge in [-0.2, -0.15) is 9.61 Å². The fourth-order valence-corrected chi connectivity index (χ4v) is 3.82. The fraction of sp³-hybridized carbons (Fsp3) is 0.222. The van der Waals surface area contributed by atoms with Gasteiger partial charge in [-0.05, 0) is 25.5 Å². The molecule has 4 aromatic rings. The summed E-state index contributed by atoms with van der Waals surface area (Å²) >= 11 is 2.73. The van der Waals surface area contributed by atoms with E-state index in [9.17, 15) is 4.79 Å². The van der Waals surface area contributed by atoms with E-state index in [2.05, 4.69) is 30.8 Å². The van der Waals surface area contributed by atoms with E-state index in [4.69, 9.17) is 0 Å². The number of thioether (sulfide) groups is 1. The summed E-state index contributed by atoms with van der Waals surface area (Å²) in [6, 6.07) is 11.7. The van der Waals surface area contributed by atoms with Crippen molar-refractivity contribution in [3.8, 4) is 11.4 Å². The Hall–Kier alpha value is -2.85. The van der Waals surface area contributed by atoms with E-state index in [1.807, 2.05) is 50.2 Å². The lowest BCUT2D eigenvalue weighted by Crippen LogP contribution is -2.14. The molecule has 0 bridgehead atoms. The molecular formula is C18H17N7OS2. The van der Waals surface area contributed by atoms with E-state index >= 15 is 0 Å². The van der Waals surface area contributed by atoms with Crippen molar-refractivity contribution < 1.29 is 4.79 Å². The summed E-state index contributed by atoms with van der Waals surface area (Å²) < 4.78 is 1.70. The molecule has 8 nitrogen and oxygen atoms in total. The summed E-state index contributed by atoms with van der Waals surface area (Å²) in [6.45, 7) is 4.04. The smallest absolute Gasteiger partial charge is 0.236 e. The van der Waals surface area contributed by atoms with Gasteiger partial charge in [0.05, 0.1) is 5.75 Å². The number of amides is 1. The molecule has 0 spiro atoms. The highest BCUT2D eigenvalue weighted by Crippen LogP contribution is 2.22. The predicted molar refractivity (Wildman–Crippen MR) is 110 cm³/mol. The Morgan fingerprint density at radius 3 is 2.68 bits per heavy atom. The first kappa shape index (κ1) is 18.5. The van der Waals surface area contributed by atoms with Crippen molar-refractivity contribution >= 4 is 39.8 Å². The van der Waals surface area contributed by atoms with Crippen LogP contribution in [-0.2, 0) is 11.2 Å². The van der Waals surface area contributed by atoms with Crippen LogP contribution in [0.1, 0.15) is 17.5 Å². The van der Waals surface area contributed by atoms with Crippen molar-refractivity contribution in [1.82, 2.24) is 30.0 Å². The number of anilines is 1. The molecule has 0 saturated heterocycles. The van der Waals surface area contributed by atoms with Crippen molar-refractivity contribution in [1.29, 1.82) is 0 Å².